The number of nitrogens with zero attached hydrogens (tertiary/aromatic N) is 1. The molecule has 1 heterocycles. The average Bonchev–Trinajstić information content (AvgIpc) is 2.75. The third kappa shape index (κ3) is 7.64. The molecule has 0 spiro atoms. The molecule has 0 saturated heterocycles. The Hall–Kier alpha value is -3.49. The van der Waals surface area contributed by atoms with Crippen LogP contribution in [0.5, 0.6) is 0 Å². The van der Waals surface area contributed by atoms with Gasteiger partial charge in [-0.15, -0.1) is 0 Å². The molecule has 1 aromatic heterocycles. The molecule has 1 atom stereocenters. The standard InChI is InChI=1S/C23H29N3O6/c1-3-32-19(28)13-9-5-8-12-17-20(16-10-6-4-7-11-16)25-23(26-21(17)29)24-18(27)14-15(2)22(30)31/h4,6-7,10-11,15H,3,5,8-9,12-14H2,1-2H3,(H,30,31)(H2,24,25,26,27,29). The van der Waals surface area contributed by atoms with Gasteiger partial charge in [0.25, 0.3) is 5.56 Å². The number of esters is 1. The monoisotopic (exact) mass is 443 g/mol. The van der Waals surface area contributed by atoms with Crippen LogP contribution in [0.25, 0.3) is 11.3 Å². The van der Waals surface area contributed by atoms with Gasteiger partial charge < -0.3 is 14.8 Å². The number of hydrogen-bond donors (Lipinski definition) is 3. The van der Waals surface area contributed by atoms with Crippen molar-refractivity contribution in [3.8, 4) is 11.3 Å². The maximum absolute atomic E-state index is 12.8. The lowest BCUT2D eigenvalue weighted by Gasteiger charge is -2.13. The second-order valence-electron chi connectivity index (χ2n) is 7.47. The molecule has 1 aromatic carbocycles. The summed E-state index contributed by atoms with van der Waals surface area (Å²) in [6.07, 6.45) is 2.67. The van der Waals surface area contributed by atoms with E-state index in [1.807, 2.05) is 30.3 Å². The largest absolute Gasteiger partial charge is 0.481 e. The fourth-order valence-electron chi connectivity index (χ4n) is 3.17. The number of rotatable bonds is 12. The Morgan fingerprint density at radius 3 is 2.53 bits per heavy atom. The fourth-order valence-corrected chi connectivity index (χ4v) is 3.17. The van der Waals surface area contributed by atoms with Crippen LogP contribution in [0, 0.1) is 5.92 Å². The van der Waals surface area contributed by atoms with Gasteiger partial charge in [0.1, 0.15) is 0 Å². The second-order valence-corrected chi connectivity index (χ2v) is 7.47. The smallest absolute Gasteiger partial charge is 0.306 e. The van der Waals surface area contributed by atoms with Crippen molar-refractivity contribution in [3.63, 3.8) is 0 Å². The number of unbranched alkanes of at least 4 members (excludes halogenated alkanes) is 2. The van der Waals surface area contributed by atoms with Gasteiger partial charge in [0.15, 0.2) is 0 Å². The first-order valence-electron chi connectivity index (χ1n) is 10.7. The van der Waals surface area contributed by atoms with Crippen molar-refractivity contribution in [1.29, 1.82) is 0 Å². The van der Waals surface area contributed by atoms with E-state index in [-0.39, 0.29) is 18.3 Å². The Balaban J connectivity index is 2.15. The topological polar surface area (TPSA) is 138 Å². The molecule has 32 heavy (non-hydrogen) atoms. The molecule has 1 unspecified atom stereocenters. The van der Waals surface area contributed by atoms with Gasteiger partial charge >= 0.3 is 11.9 Å². The van der Waals surface area contributed by atoms with Crippen LogP contribution in [0.3, 0.4) is 0 Å². The molecule has 2 aromatic rings. The van der Waals surface area contributed by atoms with Crippen molar-refractivity contribution >= 4 is 23.8 Å². The summed E-state index contributed by atoms with van der Waals surface area (Å²) < 4.78 is 4.91. The van der Waals surface area contributed by atoms with Crippen molar-refractivity contribution in [1.82, 2.24) is 9.97 Å². The third-order valence-corrected chi connectivity index (χ3v) is 4.86. The zero-order chi connectivity index (χ0) is 23.5. The highest BCUT2D eigenvalue weighted by Crippen LogP contribution is 2.22. The summed E-state index contributed by atoms with van der Waals surface area (Å²) in [7, 11) is 0. The van der Waals surface area contributed by atoms with Gasteiger partial charge in [-0.05, 0) is 31.7 Å². The number of carboxylic acid groups (broad SMARTS) is 1. The fraction of sp³-hybridized carbons (Fsp3) is 0.435. The number of hydrogen-bond acceptors (Lipinski definition) is 6. The van der Waals surface area contributed by atoms with Crippen LogP contribution in [0.1, 0.15) is 51.5 Å². The summed E-state index contributed by atoms with van der Waals surface area (Å²) in [5.74, 6) is -2.74. The Labute approximate surface area is 186 Å². The van der Waals surface area contributed by atoms with Crippen LogP contribution in [0.2, 0.25) is 0 Å². The molecule has 0 aliphatic carbocycles. The van der Waals surface area contributed by atoms with E-state index in [0.29, 0.717) is 43.5 Å². The number of carbonyl (C=O) groups excluding carboxylic acids is 2. The molecule has 0 radical (unpaired) electrons. The van der Waals surface area contributed by atoms with E-state index in [9.17, 15) is 19.2 Å². The zero-order valence-electron chi connectivity index (χ0n) is 18.3. The van der Waals surface area contributed by atoms with Crippen LogP contribution in [0.15, 0.2) is 35.1 Å². The van der Waals surface area contributed by atoms with E-state index < -0.39 is 23.4 Å². The number of amides is 1. The molecule has 9 heteroatoms. The lowest BCUT2D eigenvalue weighted by atomic mass is 10.0. The molecule has 3 N–H and O–H groups in total. The maximum Gasteiger partial charge on any atom is 0.306 e. The number of aromatic nitrogens is 2. The molecule has 0 saturated carbocycles. The van der Waals surface area contributed by atoms with Crippen LogP contribution in [-0.2, 0) is 25.5 Å². The molecular weight excluding hydrogens is 414 g/mol. The number of benzene rings is 1. The molecule has 0 bridgehead atoms. The predicted octanol–water partition coefficient (Wildman–Crippen LogP) is 3.15. The van der Waals surface area contributed by atoms with E-state index >= 15 is 0 Å². The number of carbonyl (C=O) groups is 3. The molecule has 2 rings (SSSR count). The van der Waals surface area contributed by atoms with E-state index in [2.05, 4.69) is 15.3 Å². The van der Waals surface area contributed by atoms with E-state index in [4.69, 9.17) is 9.84 Å². The maximum atomic E-state index is 12.8. The first-order chi connectivity index (χ1) is 15.3. The molecular formula is C23H29N3O6. The Morgan fingerprint density at radius 1 is 1.16 bits per heavy atom. The predicted molar refractivity (Wildman–Crippen MR) is 119 cm³/mol. The number of nitrogens with one attached hydrogen (secondary N) is 2. The van der Waals surface area contributed by atoms with Crippen LogP contribution in [-0.4, -0.2) is 39.5 Å². The summed E-state index contributed by atoms with van der Waals surface area (Å²) in [6.45, 7) is 3.55. The lowest BCUT2D eigenvalue weighted by Crippen LogP contribution is -2.24. The van der Waals surface area contributed by atoms with E-state index in [0.717, 1.165) is 12.0 Å². The van der Waals surface area contributed by atoms with Crippen LogP contribution < -0.4 is 10.9 Å². The Morgan fingerprint density at radius 2 is 1.88 bits per heavy atom. The third-order valence-electron chi connectivity index (χ3n) is 4.86. The van der Waals surface area contributed by atoms with Crippen molar-refractivity contribution in [2.24, 2.45) is 5.92 Å². The minimum Gasteiger partial charge on any atom is -0.481 e. The molecule has 0 fully saturated rings. The lowest BCUT2D eigenvalue weighted by molar-refractivity contribution is -0.143. The first kappa shape index (κ1) is 24.8. The minimum absolute atomic E-state index is 0.0255. The van der Waals surface area contributed by atoms with Gasteiger partial charge in [0.2, 0.25) is 11.9 Å². The number of ether oxygens (including phenoxy) is 1. The van der Waals surface area contributed by atoms with Crippen molar-refractivity contribution in [2.45, 2.75) is 52.4 Å². The van der Waals surface area contributed by atoms with Crippen LogP contribution in [0.4, 0.5) is 5.95 Å². The summed E-state index contributed by atoms with van der Waals surface area (Å²) in [5, 5.41) is 11.5. The van der Waals surface area contributed by atoms with Crippen LogP contribution >= 0.6 is 0 Å². The highest BCUT2D eigenvalue weighted by atomic mass is 16.5. The normalized spacial score (nSPS) is 11.6. The van der Waals surface area contributed by atoms with Crippen molar-refractivity contribution < 1.29 is 24.2 Å². The summed E-state index contributed by atoms with van der Waals surface area (Å²) >= 11 is 0. The Bertz CT molecular complexity index is 987. The molecule has 0 aliphatic rings. The number of aromatic amines is 1. The van der Waals surface area contributed by atoms with Gasteiger partial charge in [-0.1, -0.05) is 43.7 Å². The highest BCUT2D eigenvalue weighted by molar-refractivity contribution is 5.91. The Kier molecular flexibility index (Phi) is 9.59. The quantitative estimate of drug-likeness (QED) is 0.338. The van der Waals surface area contributed by atoms with Gasteiger partial charge in [0.05, 0.1) is 18.2 Å². The number of aliphatic carboxylic acids is 1. The molecule has 9 nitrogen and oxygen atoms in total. The summed E-state index contributed by atoms with van der Waals surface area (Å²) in [6, 6.07) is 9.21. The zero-order valence-corrected chi connectivity index (χ0v) is 18.3. The first-order valence-corrected chi connectivity index (χ1v) is 10.7. The van der Waals surface area contributed by atoms with Gasteiger partial charge in [-0.2, -0.15) is 4.98 Å². The molecule has 1 amide bonds. The molecule has 0 aliphatic heterocycles. The average molecular weight is 444 g/mol. The van der Waals surface area contributed by atoms with Gasteiger partial charge in [-0.3, -0.25) is 24.5 Å². The van der Waals surface area contributed by atoms with E-state index in [1.165, 1.54) is 6.92 Å². The number of H-pyrrole nitrogens is 1. The highest BCUT2D eigenvalue weighted by Gasteiger charge is 2.18. The van der Waals surface area contributed by atoms with Crippen molar-refractivity contribution in [2.75, 3.05) is 11.9 Å². The van der Waals surface area contributed by atoms with Gasteiger partial charge in [0, 0.05) is 18.4 Å². The number of anilines is 1. The van der Waals surface area contributed by atoms with Crippen molar-refractivity contribution in [3.05, 3.63) is 46.2 Å². The minimum atomic E-state index is -1.08. The van der Waals surface area contributed by atoms with E-state index in [1.54, 1.807) is 6.92 Å². The van der Waals surface area contributed by atoms with Gasteiger partial charge in [-0.25, -0.2) is 0 Å². The summed E-state index contributed by atoms with van der Waals surface area (Å²) in [4.78, 5) is 54.3. The SMILES string of the molecule is CCOC(=O)CCCCCc1c(-c2ccccc2)[nH]c(NC(=O)CC(C)C(=O)O)nc1=O. The summed E-state index contributed by atoms with van der Waals surface area (Å²) in [5.41, 5.74) is 1.35. The number of carboxylic acids is 1. The molecule has 172 valence electrons. The second kappa shape index (κ2) is 12.4.